The first-order chi connectivity index (χ1) is 8.00. The molecule has 0 aromatic heterocycles. The fraction of sp³-hybridized carbons (Fsp3) is 0.923. The van der Waals surface area contributed by atoms with Crippen molar-refractivity contribution in [3.8, 4) is 0 Å². The molecule has 4 heteroatoms. The molecule has 0 saturated heterocycles. The summed E-state index contributed by atoms with van der Waals surface area (Å²) >= 11 is 0. The van der Waals surface area contributed by atoms with Gasteiger partial charge in [-0.25, -0.2) is 0 Å². The molecule has 0 aromatic rings. The van der Waals surface area contributed by atoms with E-state index in [0.29, 0.717) is 12.5 Å². The summed E-state index contributed by atoms with van der Waals surface area (Å²) in [7, 11) is 1.40. The lowest BCUT2D eigenvalue weighted by Gasteiger charge is -2.28. The molecule has 100 valence electrons. The first-order valence-electron chi connectivity index (χ1n) is 6.45. The third kappa shape index (κ3) is 3.68. The van der Waals surface area contributed by atoms with Crippen LogP contribution in [0.1, 0.15) is 39.5 Å². The third-order valence-electron chi connectivity index (χ3n) is 3.50. The number of rotatable bonds is 6. The van der Waals surface area contributed by atoms with Crippen LogP contribution in [0.15, 0.2) is 0 Å². The molecule has 0 radical (unpaired) electrons. The van der Waals surface area contributed by atoms with Crippen LogP contribution in [-0.2, 0) is 14.3 Å². The average Bonchev–Trinajstić information content (AvgIpc) is 2.66. The van der Waals surface area contributed by atoms with Crippen molar-refractivity contribution in [3.63, 3.8) is 0 Å². The van der Waals surface area contributed by atoms with Crippen LogP contribution in [0, 0.1) is 11.8 Å². The molecule has 2 unspecified atom stereocenters. The monoisotopic (exact) mass is 243 g/mol. The van der Waals surface area contributed by atoms with Crippen molar-refractivity contribution < 1.29 is 14.3 Å². The zero-order chi connectivity index (χ0) is 12.9. The van der Waals surface area contributed by atoms with Crippen LogP contribution in [0.5, 0.6) is 0 Å². The van der Waals surface area contributed by atoms with Crippen LogP contribution in [-0.4, -0.2) is 31.8 Å². The predicted molar refractivity (Wildman–Crippen MR) is 66.5 cm³/mol. The maximum Gasteiger partial charge on any atom is 0.326 e. The first-order valence-corrected chi connectivity index (χ1v) is 6.45. The SMILES string of the molecule is COC(=O)C1(N)CCCC1CCOCC(C)C. The van der Waals surface area contributed by atoms with Crippen molar-refractivity contribution in [2.24, 2.45) is 17.6 Å². The first kappa shape index (κ1) is 14.5. The lowest BCUT2D eigenvalue weighted by Crippen LogP contribution is -2.51. The number of hydrogen-bond acceptors (Lipinski definition) is 4. The molecule has 1 saturated carbocycles. The fourth-order valence-corrected chi connectivity index (χ4v) is 2.51. The number of carbonyl (C=O) groups is 1. The van der Waals surface area contributed by atoms with Gasteiger partial charge in [0.2, 0.25) is 0 Å². The van der Waals surface area contributed by atoms with E-state index in [0.717, 1.165) is 32.3 Å². The third-order valence-corrected chi connectivity index (χ3v) is 3.50. The van der Waals surface area contributed by atoms with Gasteiger partial charge >= 0.3 is 5.97 Å². The van der Waals surface area contributed by atoms with E-state index in [2.05, 4.69) is 13.8 Å². The molecule has 0 amide bonds. The Morgan fingerprint density at radius 3 is 2.82 bits per heavy atom. The van der Waals surface area contributed by atoms with Crippen molar-refractivity contribution in [2.75, 3.05) is 20.3 Å². The van der Waals surface area contributed by atoms with Gasteiger partial charge in [0.1, 0.15) is 5.54 Å². The van der Waals surface area contributed by atoms with E-state index in [1.807, 2.05) is 0 Å². The normalized spacial score (nSPS) is 28.6. The summed E-state index contributed by atoms with van der Waals surface area (Å²) in [4.78, 5) is 11.7. The summed E-state index contributed by atoms with van der Waals surface area (Å²) in [5.74, 6) is 0.466. The van der Waals surface area contributed by atoms with E-state index in [1.54, 1.807) is 0 Å². The molecule has 0 heterocycles. The molecule has 1 aliphatic carbocycles. The Bertz CT molecular complexity index is 255. The highest BCUT2D eigenvalue weighted by atomic mass is 16.5. The second-order valence-corrected chi connectivity index (χ2v) is 5.38. The number of methoxy groups -OCH3 is 1. The Morgan fingerprint density at radius 1 is 1.53 bits per heavy atom. The van der Waals surface area contributed by atoms with Gasteiger partial charge in [-0.1, -0.05) is 20.3 Å². The lowest BCUT2D eigenvalue weighted by molar-refractivity contribution is -0.148. The molecule has 1 rings (SSSR count). The molecule has 0 spiro atoms. The molecule has 2 atom stereocenters. The average molecular weight is 243 g/mol. The summed E-state index contributed by atoms with van der Waals surface area (Å²) in [6, 6.07) is 0. The molecule has 1 fully saturated rings. The fourth-order valence-electron chi connectivity index (χ4n) is 2.51. The second-order valence-electron chi connectivity index (χ2n) is 5.38. The zero-order valence-corrected chi connectivity index (χ0v) is 11.2. The topological polar surface area (TPSA) is 61.5 Å². The quantitative estimate of drug-likeness (QED) is 0.570. The van der Waals surface area contributed by atoms with Gasteiger partial charge in [0.15, 0.2) is 0 Å². The summed E-state index contributed by atoms with van der Waals surface area (Å²) < 4.78 is 10.4. The van der Waals surface area contributed by atoms with Gasteiger partial charge < -0.3 is 15.2 Å². The Balaban J connectivity index is 2.39. The number of carbonyl (C=O) groups excluding carboxylic acids is 1. The second kappa shape index (κ2) is 6.36. The smallest absolute Gasteiger partial charge is 0.326 e. The van der Waals surface area contributed by atoms with Gasteiger partial charge in [0.05, 0.1) is 7.11 Å². The van der Waals surface area contributed by atoms with Crippen LogP contribution in [0.25, 0.3) is 0 Å². The molecule has 0 aliphatic heterocycles. The zero-order valence-electron chi connectivity index (χ0n) is 11.2. The van der Waals surface area contributed by atoms with Crippen molar-refractivity contribution in [1.82, 2.24) is 0 Å². The van der Waals surface area contributed by atoms with E-state index in [9.17, 15) is 4.79 Å². The molecule has 0 bridgehead atoms. The number of nitrogens with two attached hydrogens (primary N) is 1. The summed E-state index contributed by atoms with van der Waals surface area (Å²) in [5, 5.41) is 0. The number of esters is 1. The Hall–Kier alpha value is -0.610. The minimum absolute atomic E-state index is 0.196. The maximum absolute atomic E-state index is 11.7. The van der Waals surface area contributed by atoms with E-state index in [-0.39, 0.29) is 11.9 Å². The minimum Gasteiger partial charge on any atom is -0.468 e. The number of hydrogen-bond donors (Lipinski definition) is 1. The molecule has 2 N–H and O–H groups in total. The molecular weight excluding hydrogens is 218 g/mol. The lowest BCUT2D eigenvalue weighted by atomic mass is 9.86. The van der Waals surface area contributed by atoms with E-state index in [4.69, 9.17) is 15.2 Å². The highest BCUT2D eigenvalue weighted by molar-refractivity contribution is 5.81. The predicted octanol–water partition coefficient (Wildman–Crippen LogP) is 1.72. The largest absolute Gasteiger partial charge is 0.468 e. The molecule has 1 aliphatic rings. The van der Waals surface area contributed by atoms with Crippen LogP contribution >= 0.6 is 0 Å². The van der Waals surface area contributed by atoms with Gasteiger partial charge in [-0.15, -0.1) is 0 Å². The standard InChI is InChI=1S/C13H25NO3/c1-10(2)9-17-8-6-11-5-4-7-13(11,14)12(15)16-3/h10-11H,4-9,14H2,1-3H3. The maximum atomic E-state index is 11.7. The van der Waals surface area contributed by atoms with Crippen molar-refractivity contribution >= 4 is 5.97 Å². The summed E-state index contributed by atoms with van der Waals surface area (Å²) in [5.41, 5.74) is 5.39. The molecule has 0 aromatic carbocycles. The van der Waals surface area contributed by atoms with Crippen molar-refractivity contribution in [1.29, 1.82) is 0 Å². The van der Waals surface area contributed by atoms with Crippen LogP contribution in [0.2, 0.25) is 0 Å². The highest BCUT2D eigenvalue weighted by Crippen LogP contribution is 2.36. The van der Waals surface area contributed by atoms with Crippen molar-refractivity contribution in [3.05, 3.63) is 0 Å². The Kier molecular flexibility index (Phi) is 5.40. The Morgan fingerprint density at radius 2 is 2.24 bits per heavy atom. The van der Waals surface area contributed by atoms with Crippen molar-refractivity contribution in [2.45, 2.75) is 45.1 Å². The summed E-state index contributed by atoms with van der Waals surface area (Å²) in [6.07, 6.45) is 3.57. The number of ether oxygens (including phenoxy) is 2. The van der Waals surface area contributed by atoms with Crippen LogP contribution in [0.3, 0.4) is 0 Å². The van der Waals surface area contributed by atoms with E-state index >= 15 is 0 Å². The van der Waals surface area contributed by atoms with Crippen LogP contribution < -0.4 is 5.73 Å². The van der Waals surface area contributed by atoms with Crippen LogP contribution in [0.4, 0.5) is 0 Å². The van der Waals surface area contributed by atoms with Gasteiger partial charge in [0, 0.05) is 13.2 Å². The molecular formula is C13H25NO3. The molecule has 4 nitrogen and oxygen atoms in total. The van der Waals surface area contributed by atoms with Gasteiger partial charge in [-0.3, -0.25) is 4.79 Å². The Labute approximate surface area is 104 Å². The highest BCUT2D eigenvalue weighted by Gasteiger charge is 2.46. The minimum atomic E-state index is -0.782. The van der Waals surface area contributed by atoms with Gasteiger partial charge in [0.25, 0.3) is 0 Å². The van der Waals surface area contributed by atoms with Gasteiger partial charge in [-0.2, -0.15) is 0 Å². The van der Waals surface area contributed by atoms with Gasteiger partial charge in [-0.05, 0) is 31.1 Å². The summed E-state index contributed by atoms with van der Waals surface area (Å²) in [6.45, 7) is 5.69. The van der Waals surface area contributed by atoms with E-state index in [1.165, 1.54) is 7.11 Å². The van der Waals surface area contributed by atoms with E-state index < -0.39 is 5.54 Å². The molecule has 17 heavy (non-hydrogen) atoms.